The fourth-order valence-electron chi connectivity index (χ4n) is 1.41. The Hall–Kier alpha value is -2.22. The molecule has 0 aliphatic rings. The van der Waals surface area contributed by atoms with Gasteiger partial charge in [0.15, 0.2) is 5.82 Å². The maximum absolute atomic E-state index is 12.7. The average Bonchev–Trinajstić information content (AvgIpc) is 2.77. The van der Waals surface area contributed by atoms with Gasteiger partial charge in [-0.3, -0.25) is 0 Å². The van der Waals surface area contributed by atoms with Crippen molar-refractivity contribution in [2.75, 3.05) is 0 Å². The van der Waals surface area contributed by atoms with Gasteiger partial charge in [-0.15, -0.1) is 0 Å². The summed E-state index contributed by atoms with van der Waals surface area (Å²) in [6, 6.07) is 8.16. The van der Waals surface area contributed by atoms with E-state index >= 15 is 0 Å². The van der Waals surface area contributed by atoms with E-state index in [9.17, 15) is 4.39 Å². The summed E-state index contributed by atoms with van der Waals surface area (Å²) in [4.78, 5) is 4.14. The molecule has 0 spiro atoms. The van der Waals surface area contributed by atoms with Crippen molar-refractivity contribution in [1.29, 1.82) is 5.26 Å². The van der Waals surface area contributed by atoms with Crippen molar-refractivity contribution in [3.8, 4) is 6.07 Å². The van der Waals surface area contributed by atoms with Crippen molar-refractivity contribution in [2.45, 2.75) is 19.3 Å². The van der Waals surface area contributed by atoms with Gasteiger partial charge in [0.1, 0.15) is 5.82 Å². The van der Waals surface area contributed by atoms with Crippen LogP contribution in [0.1, 0.15) is 23.7 Å². The minimum atomic E-state index is -0.267. The molecule has 0 aliphatic carbocycles. The normalized spacial score (nSPS) is 10.1. The Kier molecular flexibility index (Phi) is 3.46. The largest absolute Gasteiger partial charge is 0.339 e. The molecule has 0 aliphatic heterocycles. The minimum Gasteiger partial charge on any atom is -0.339 e. The van der Waals surface area contributed by atoms with E-state index in [-0.39, 0.29) is 5.82 Å². The Labute approximate surface area is 97.7 Å². The van der Waals surface area contributed by atoms with Gasteiger partial charge < -0.3 is 4.52 Å². The molecule has 0 atom stereocenters. The summed E-state index contributed by atoms with van der Waals surface area (Å²) in [5, 5.41) is 12.2. The van der Waals surface area contributed by atoms with Crippen LogP contribution in [0.5, 0.6) is 0 Å². The molecule has 2 rings (SSSR count). The summed E-state index contributed by atoms with van der Waals surface area (Å²) >= 11 is 0. The predicted octanol–water partition coefficient (Wildman–Crippen LogP) is 2.26. The van der Waals surface area contributed by atoms with Crippen molar-refractivity contribution >= 4 is 0 Å². The van der Waals surface area contributed by atoms with E-state index < -0.39 is 0 Å². The summed E-state index contributed by atoms with van der Waals surface area (Å²) < 4.78 is 17.7. The van der Waals surface area contributed by atoms with Crippen molar-refractivity contribution in [3.05, 3.63) is 47.4 Å². The molecule has 0 saturated carbocycles. The predicted molar refractivity (Wildman–Crippen MR) is 57.4 cm³/mol. The molecule has 1 aromatic heterocycles. The van der Waals surface area contributed by atoms with Crippen molar-refractivity contribution < 1.29 is 8.91 Å². The van der Waals surface area contributed by atoms with E-state index in [4.69, 9.17) is 9.78 Å². The molecule has 0 unspecified atom stereocenters. The molecule has 0 bridgehead atoms. The monoisotopic (exact) mass is 231 g/mol. The highest BCUT2D eigenvalue weighted by molar-refractivity contribution is 5.19. The number of nitrogens with zero attached hydrogens (tertiary/aromatic N) is 3. The van der Waals surface area contributed by atoms with Crippen LogP contribution in [0.25, 0.3) is 0 Å². The standard InChI is InChI=1S/C12H10FN3O/c13-10-5-3-9(4-6-10)8-11-15-12(17-16-11)2-1-7-14/h3-6H,1-2,8H2. The maximum atomic E-state index is 12.7. The van der Waals surface area contributed by atoms with Crippen molar-refractivity contribution in [2.24, 2.45) is 0 Å². The van der Waals surface area contributed by atoms with Gasteiger partial charge in [-0.1, -0.05) is 17.3 Å². The number of halogens is 1. The highest BCUT2D eigenvalue weighted by atomic mass is 19.1. The third-order valence-corrected chi connectivity index (χ3v) is 2.24. The lowest BCUT2D eigenvalue weighted by Gasteiger charge is -1.95. The second-order valence-corrected chi connectivity index (χ2v) is 3.57. The smallest absolute Gasteiger partial charge is 0.227 e. The average molecular weight is 231 g/mol. The lowest BCUT2D eigenvalue weighted by atomic mass is 10.1. The van der Waals surface area contributed by atoms with Crippen LogP contribution >= 0.6 is 0 Å². The third kappa shape index (κ3) is 3.11. The first kappa shape index (κ1) is 11.3. The first-order valence-corrected chi connectivity index (χ1v) is 5.21. The molecular formula is C12H10FN3O. The number of rotatable bonds is 4. The first-order chi connectivity index (χ1) is 8.28. The fourth-order valence-corrected chi connectivity index (χ4v) is 1.41. The highest BCUT2D eigenvalue weighted by Gasteiger charge is 2.06. The molecule has 0 amide bonds. The zero-order chi connectivity index (χ0) is 12.1. The lowest BCUT2D eigenvalue weighted by Crippen LogP contribution is -1.91. The van der Waals surface area contributed by atoms with Crippen LogP contribution in [0, 0.1) is 17.1 Å². The minimum absolute atomic E-state index is 0.267. The van der Waals surface area contributed by atoms with Gasteiger partial charge in [0, 0.05) is 19.3 Å². The molecule has 2 aromatic rings. The molecule has 5 heteroatoms. The van der Waals surface area contributed by atoms with Gasteiger partial charge in [0.2, 0.25) is 5.89 Å². The van der Waals surface area contributed by atoms with Crippen LogP contribution in [0.4, 0.5) is 4.39 Å². The summed E-state index contributed by atoms with van der Waals surface area (Å²) in [5.74, 6) is 0.741. The zero-order valence-corrected chi connectivity index (χ0v) is 9.06. The lowest BCUT2D eigenvalue weighted by molar-refractivity contribution is 0.375. The number of hydrogen-bond acceptors (Lipinski definition) is 4. The molecule has 1 heterocycles. The topological polar surface area (TPSA) is 62.7 Å². The zero-order valence-electron chi connectivity index (χ0n) is 9.06. The Morgan fingerprint density at radius 1 is 1.29 bits per heavy atom. The Bertz CT molecular complexity index is 527. The molecule has 0 fully saturated rings. The highest BCUT2D eigenvalue weighted by Crippen LogP contribution is 2.08. The molecule has 1 aromatic carbocycles. The molecule has 0 radical (unpaired) electrons. The molecular weight excluding hydrogens is 221 g/mol. The Balaban J connectivity index is 2.01. The van der Waals surface area contributed by atoms with E-state index in [0.29, 0.717) is 31.0 Å². The first-order valence-electron chi connectivity index (χ1n) is 5.21. The summed E-state index contributed by atoms with van der Waals surface area (Å²) in [6.07, 6.45) is 1.32. The van der Waals surface area contributed by atoms with Crippen LogP contribution in [-0.2, 0) is 12.8 Å². The number of hydrogen-bond donors (Lipinski definition) is 0. The van der Waals surface area contributed by atoms with Crippen LogP contribution in [0.3, 0.4) is 0 Å². The molecule has 0 N–H and O–H groups in total. The van der Waals surface area contributed by atoms with Gasteiger partial charge in [-0.05, 0) is 17.7 Å². The van der Waals surface area contributed by atoms with Crippen molar-refractivity contribution in [3.63, 3.8) is 0 Å². The van der Waals surface area contributed by atoms with E-state index in [1.165, 1.54) is 12.1 Å². The van der Waals surface area contributed by atoms with E-state index in [1.54, 1.807) is 12.1 Å². The SMILES string of the molecule is N#CCCc1nc(Cc2ccc(F)cc2)no1. The molecule has 0 saturated heterocycles. The summed E-state index contributed by atoms with van der Waals surface area (Å²) in [5.41, 5.74) is 0.916. The molecule has 4 nitrogen and oxygen atoms in total. The fraction of sp³-hybridized carbons (Fsp3) is 0.250. The molecule has 17 heavy (non-hydrogen) atoms. The number of aryl methyl sites for hydroxylation is 1. The van der Waals surface area contributed by atoms with Crippen LogP contribution in [0.15, 0.2) is 28.8 Å². The second-order valence-electron chi connectivity index (χ2n) is 3.57. The van der Waals surface area contributed by atoms with E-state index in [0.717, 1.165) is 5.56 Å². The van der Waals surface area contributed by atoms with E-state index in [1.807, 2.05) is 6.07 Å². The van der Waals surface area contributed by atoms with Gasteiger partial charge in [0.05, 0.1) is 6.07 Å². The second kappa shape index (κ2) is 5.21. The third-order valence-electron chi connectivity index (χ3n) is 2.24. The van der Waals surface area contributed by atoms with Gasteiger partial charge >= 0.3 is 0 Å². The number of nitriles is 1. The number of benzene rings is 1. The maximum Gasteiger partial charge on any atom is 0.227 e. The van der Waals surface area contributed by atoms with Crippen molar-refractivity contribution in [1.82, 2.24) is 10.1 Å². The van der Waals surface area contributed by atoms with Crippen LogP contribution in [-0.4, -0.2) is 10.1 Å². The molecule has 86 valence electrons. The Morgan fingerprint density at radius 3 is 2.76 bits per heavy atom. The van der Waals surface area contributed by atoms with Crippen LogP contribution < -0.4 is 0 Å². The van der Waals surface area contributed by atoms with Gasteiger partial charge in [0.25, 0.3) is 0 Å². The van der Waals surface area contributed by atoms with E-state index in [2.05, 4.69) is 10.1 Å². The van der Waals surface area contributed by atoms with Gasteiger partial charge in [-0.2, -0.15) is 10.2 Å². The number of aromatic nitrogens is 2. The summed E-state index contributed by atoms with van der Waals surface area (Å²) in [7, 11) is 0. The summed E-state index contributed by atoms with van der Waals surface area (Å²) in [6.45, 7) is 0. The van der Waals surface area contributed by atoms with Crippen LogP contribution in [0.2, 0.25) is 0 Å². The van der Waals surface area contributed by atoms with Gasteiger partial charge in [-0.25, -0.2) is 4.39 Å². The Morgan fingerprint density at radius 2 is 2.06 bits per heavy atom. The quantitative estimate of drug-likeness (QED) is 0.809.